The number of aromatic amines is 1. The van der Waals surface area contributed by atoms with E-state index >= 15 is 0 Å². The maximum absolute atomic E-state index is 12.9. The van der Waals surface area contributed by atoms with Crippen LogP contribution in [0.25, 0.3) is 0 Å². The standard InChI is InChI=1S/C13H14F3N3O2/c14-13(15,16)9-2-1-5-19(9)12(21)8-6-17-10(7-3-4-7)18-11(8)20/h6-7,9H,1-5H2,(H,17,18,20)/t9-/m0/s1. The highest BCUT2D eigenvalue weighted by Crippen LogP contribution is 2.37. The summed E-state index contributed by atoms with van der Waals surface area (Å²) in [7, 11) is 0. The number of H-pyrrole nitrogens is 1. The molecule has 5 nitrogen and oxygen atoms in total. The largest absolute Gasteiger partial charge is 0.408 e. The monoisotopic (exact) mass is 301 g/mol. The molecule has 1 aromatic rings. The van der Waals surface area contributed by atoms with Crippen molar-refractivity contribution in [3.05, 3.63) is 27.9 Å². The third kappa shape index (κ3) is 2.66. The van der Waals surface area contributed by atoms with Crippen molar-refractivity contribution >= 4 is 5.91 Å². The molecule has 3 rings (SSSR count). The molecule has 2 fully saturated rings. The Balaban J connectivity index is 1.86. The molecule has 8 heteroatoms. The van der Waals surface area contributed by atoms with Crippen LogP contribution < -0.4 is 5.56 Å². The maximum atomic E-state index is 12.9. The summed E-state index contributed by atoms with van der Waals surface area (Å²) in [5, 5.41) is 0. The number of nitrogens with zero attached hydrogens (tertiary/aromatic N) is 2. The highest BCUT2D eigenvalue weighted by molar-refractivity contribution is 5.94. The molecule has 1 saturated carbocycles. The molecule has 1 atom stereocenters. The number of likely N-dealkylation sites (tertiary alicyclic amines) is 1. The number of nitrogens with one attached hydrogen (secondary N) is 1. The number of carbonyl (C=O) groups excluding carboxylic acids is 1. The predicted molar refractivity (Wildman–Crippen MR) is 66.9 cm³/mol. The van der Waals surface area contributed by atoms with Gasteiger partial charge in [-0.2, -0.15) is 13.2 Å². The Hall–Kier alpha value is -1.86. The zero-order chi connectivity index (χ0) is 15.2. The molecule has 0 radical (unpaired) electrons. The first-order valence-corrected chi connectivity index (χ1v) is 6.85. The number of aromatic nitrogens is 2. The lowest BCUT2D eigenvalue weighted by Crippen LogP contribution is -2.46. The molecular weight excluding hydrogens is 287 g/mol. The van der Waals surface area contributed by atoms with Gasteiger partial charge in [-0.3, -0.25) is 9.59 Å². The van der Waals surface area contributed by atoms with Gasteiger partial charge in [-0.1, -0.05) is 0 Å². The minimum atomic E-state index is -4.47. The first-order chi connectivity index (χ1) is 9.88. The van der Waals surface area contributed by atoms with E-state index < -0.39 is 23.7 Å². The smallest absolute Gasteiger partial charge is 0.326 e. The fourth-order valence-corrected chi connectivity index (χ4v) is 2.63. The van der Waals surface area contributed by atoms with Crippen molar-refractivity contribution in [2.24, 2.45) is 0 Å². The Morgan fingerprint density at radius 2 is 2.05 bits per heavy atom. The summed E-state index contributed by atoms with van der Waals surface area (Å²) < 4.78 is 38.6. The Kier molecular flexibility index (Phi) is 3.26. The van der Waals surface area contributed by atoms with Gasteiger partial charge in [0.1, 0.15) is 17.4 Å². The van der Waals surface area contributed by atoms with Crippen molar-refractivity contribution in [3.63, 3.8) is 0 Å². The molecule has 0 bridgehead atoms. The van der Waals surface area contributed by atoms with Crippen LogP contribution in [-0.4, -0.2) is 39.5 Å². The van der Waals surface area contributed by atoms with E-state index in [9.17, 15) is 22.8 Å². The van der Waals surface area contributed by atoms with Gasteiger partial charge in [0.05, 0.1) is 0 Å². The molecule has 0 spiro atoms. The van der Waals surface area contributed by atoms with Gasteiger partial charge in [0.25, 0.3) is 11.5 Å². The van der Waals surface area contributed by atoms with Crippen molar-refractivity contribution in [1.29, 1.82) is 0 Å². The minimum absolute atomic E-state index is 0.00677. The second-order valence-electron chi connectivity index (χ2n) is 5.48. The average molecular weight is 301 g/mol. The Bertz CT molecular complexity index is 622. The van der Waals surface area contributed by atoms with Crippen molar-refractivity contribution in [3.8, 4) is 0 Å². The van der Waals surface area contributed by atoms with Crippen LogP contribution in [0.5, 0.6) is 0 Å². The average Bonchev–Trinajstić information content (AvgIpc) is 3.13. The number of halogens is 3. The van der Waals surface area contributed by atoms with E-state index in [4.69, 9.17) is 0 Å². The van der Waals surface area contributed by atoms with Gasteiger partial charge in [0.15, 0.2) is 0 Å². The fraction of sp³-hybridized carbons (Fsp3) is 0.615. The van der Waals surface area contributed by atoms with Gasteiger partial charge in [-0.25, -0.2) is 4.98 Å². The van der Waals surface area contributed by atoms with Gasteiger partial charge in [0, 0.05) is 18.7 Å². The first kappa shape index (κ1) is 14.1. The summed E-state index contributed by atoms with van der Waals surface area (Å²) in [5.41, 5.74) is -0.986. The molecule has 114 valence electrons. The molecule has 2 heterocycles. The van der Waals surface area contributed by atoms with E-state index in [2.05, 4.69) is 9.97 Å². The second kappa shape index (κ2) is 4.85. The number of hydrogen-bond donors (Lipinski definition) is 1. The molecule has 1 aliphatic carbocycles. The molecule has 1 saturated heterocycles. The maximum Gasteiger partial charge on any atom is 0.408 e. The molecule has 1 aliphatic heterocycles. The zero-order valence-electron chi connectivity index (χ0n) is 11.1. The minimum Gasteiger partial charge on any atom is -0.326 e. The van der Waals surface area contributed by atoms with Crippen LogP contribution in [0.4, 0.5) is 13.2 Å². The van der Waals surface area contributed by atoms with Crippen LogP contribution >= 0.6 is 0 Å². The summed E-state index contributed by atoms with van der Waals surface area (Å²) in [6.07, 6.45) is -1.36. The first-order valence-electron chi connectivity index (χ1n) is 6.85. The third-order valence-electron chi connectivity index (χ3n) is 3.90. The summed E-state index contributed by atoms with van der Waals surface area (Å²) in [4.78, 5) is 31.3. The Morgan fingerprint density at radius 3 is 2.62 bits per heavy atom. The van der Waals surface area contributed by atoms with Crippen LogP contribution in [0.1, 0.15) is 47.8 Å². The molecule has 0 unspecified atom stereocenters. The highest BCUT2D eigenvalue weighted by atomic mass is 19.4. The molecule has 1 amide bonds. The Labute approximate surface area is 118 Å². The van der Waals surface area contributed by atoms with Crippen molar-refractivity contribution in [2.45, 2.75) is 43.8 Å². The fourth-order valence-electron chi connectivity index (χ4n) is 2.63. The predicted octanol–water partition coefficient (Wildman–Crippen LogP) is 1.81. The van der Waals surface area contributed by atoms with Crippen LogP contribution in [-0.2, 0) is 0 Å². The van der Waals surface area contributed by atoms with E-state index in [0.717, 1.165) is 23.9 Å². The summed E-state index contributed by atoms with van der Waals surface area (Å²) in [6.45, 7) is 0.00677. The molecule has 1 aromatic heterocycles. The topological polar surface area (TPSA) is 66.1 Å². The Morgan fingerprint density at radius 1 is 1.33 bits per heavy atom. The summed E-state index contributed by atoms with van der Waals surface area (Å²) >= 11 is 0. The van der Waals surface area contributed by atoms with Crippen LogP contribution in [0.3, 0.4) is 0 Å². The van der Waals surface area contributed by atoms with Crippen LogP contribution in [0.15, 0.2) is 11.0 Å². The SMILES string of the molecule is O=C(c1cnc(C2CC2)[nH]c1=O)N1CCC[C@H]1C(F)(F)F. The number of hydrogen-bond acceptors (Lipinski definition) is 3. The second-order valence-corrected chi connectivity index (χ2v) is 5.48. The van der Waals surface area contributed by atoms with E-state index in [1.54, 1.807) is 0 Å². The van der Waals surface area contributed by atoms with Crippen molar-refractivity contribution in [2.75, 3.05) is 6.54 Å². The van der Waals surface area contributed by atoms with Crippen molar-refractivity contribution in [1.82, 2.24) is 14.9 Å². The van der Waals surface area contributed by atoms with E-state index in [1.165, 1.54) is 0 Å². The quantitative estimate of drug-likeness (QED) is 0.906. The lowest BCUT2D eigenvalue weighted by molar-refractivity contribution is -0.169. The van der Waals surface area contributed by atoms with Crippen molar-refractivity contribution < 1.29 is 18.0 Å². The van der Waals surface area contributed by atoms with Gasteiger partial charge >= 0.3 is 6.18 Å². The van der Waals surface area contributed by atoms with Gasteiger partial charge < -0.3 is 9.88 Å². The number of carbonyl (C=O) groups is 1. The lowest BCUT2D eigenvalue weighted by Gasteiger charge is -2.26. The number of rotatable bonds is 2. The van der Waals surface area contributed by atoms with E-state index in [1.807, 2.05) is 0 Å². The molecule has 2 aliphatic rings. The molecule has 21 heavy (non-hydrogen) atoms. The normalized spacial score (nSPS) is 22.6. The molecule has 1 N–H and O–H groups in total. The lowest BCUT2D eigenvalue weighted by atomic mass is 10.2. The van der Waals surface area contributed by atoms with Crippen LogP contribution in [0, 0.1) is 0 Å². The summed E-state index contributed by atoms with van der Waals surface area (Å²) in [6, 6.07) is -1.81. The number of amides is 1. The van der Waals surface area contributed by atoms with Gasteiger partial charge in [0.2, 0.25) is 0 Å². The van der Waals surface area contributed by atoms with Crippen LogP contribution in [0.2, 0.25) is 0 Å². The highest BCUT2D eigenvalue weighted by Gasteiger charge is 2.48. The molecule has 0 aromatic carbocycles. The molecular formula is C13H14F3N3O2. The van der Waals surface area contributed by atoms with Gasteiger partial charge in [-0.05, 0) is 25.7 Å². The summed E-state index contributed by atoms with van der Waals surface area (Å²) in [5.74, 6) is -0.187. The zero-order valence-corrected chi connectivity index (χ0v) is 11.1. The van der Waals surface area contributed by atoms with E-state index in [-0.39, 0.29) is 30.9 Å². The van der Waals surface area contributed by atoms with E-state index in [0.29, 0.717) is 5.82 Å². The van der Waals surface area contributed by atoms with Gasteiger partial charge in [-0.15, -0.1) is 0 Å². The number of alkyl halides is 3. The third-order valence-corrected chi connectivity index (χ3v) is 3.90.